The van der Waals surface area contributed by atoms with Gasteiger partial charge in [0.25, 0.3) is 0 Å². The van der Waals surface area contributed by atoms with Crippen LogP contribution in [0.1, 0.15) is 42.5 Å². The third kappa shape index (κ3) is 3.77. The van der Waals surface area contributed by atoms with E-state index in [0.29, 0.717) is 11.8 Å². The minimum atomic E-state index is -0.0185. The summed E-state index contributed by atoms with van der Waals surface area (Å²) in [6, 6.07) is -0.0185. The van der Waals surface area contributed by atoms with Crippen LogP contribution in [-0.4, -0.2) is 38.8 Å². The largest absolute Gasteiger partial charge is 0.324 e. The van der Waals surface area contributed by atoms with Gasteiger partial charge in [-0.2, -0.15) is 5.10 Å². The molecule has 1 N–H and O–H groups in total. The van der Waals surface area contributed by atoms with Crippen molar-refractivity contribution in [2.24, 2.45) is 13.0 Å². The number of urea groups is 1. The number of carbonyl (C=O) groups is 1. The molecule has 1 fully saturated rings. The number of nitrogens with one attached hydrogen (secondary N) is 1. The Morgan fingerprint density at radius 1 is 1.50 bits per heavy atom. The summed E-state index contributed by atoms with van der Waals surface area (Å²) in [6.45, 7) is 7.84. The average molecular weight is 347 g/mol. The molecule has 0 aromatic carbocycles. The molecule has 0 saturated carbocycles. The third-order valence-corrected chi connectivity index (χ3v) is 5.23. The highest BCUT2D eigenvalue weighted by Crippen LogP contribution is 2.29. The normalized spacial score (nSPS) is 17.7. The summed E-state index contributed by atoms with van der Waals surface area (Å²) in [5.41, 5.74) is 2.21. The van der Waals surface area contributed by atoms with E-state index in [1.165, 1.54) is 5.56 Å². The summed E-state index contributed by atoms with van der Waals surface area (Å²) in [5, 5.41) is 9.20. The van der Waals surface area contributed by atoms with Crippen molar-refractivity contribution in [3.05, 3.63) is 28.7 Å². The standard InChI is InChI=1S/C17H25N5OS/c1-11(2)7-15-16(24-12(3)19-15)20-17(23)22-6-5-13(10-22)14-8-18-21(4)9-14/h8-9,11,13H,5-7,10H2,1-4H3,(H,20,23). The second-order valence-electron chi connectivity index (χ2n) is 6.92. The van der Waals surface area contributed by atoms with Gasteiger partial charge in [0.1, 0.15) is 5.00 Å². The number of rotatable bonds is 4. The second kappa shape index (κ2) is 6.93. The van der Waals surface area contributed by atoms with E-state index in [0.717, 1.165) is 41.6 Å². The first-order valence-electron chi connectivity index (χ1n) is 8.43. The summed E-state index contributed by atoms with van der Waals surface area (Å²) in [5.74, 6) is 0.895. The van der Waals surface area contributed by atoms with Crippen LogP contribution in [0.25, 0.3) is 0 Å². The summed E-state index contributed by atoms with van der Waals surface area (Å²) in [6.07, 6.45) is 5.82. The fraction of sp³-hybridized carbons (Fsp3) is 0.588. The van der Waals surface area contributed by atoms with E-state index in [4.69, 9.17) is 0 Å². The van der Waals surface area contributed by atoms with Crippen molar-refractivity contribution in [3.63, 3.8) is 0 Å². The molecule has 3 heterocycles. The number of thiazole rings is 1. The molecule has 1 aliphatic heterocycles. The van der Waals surface area contributed by atoms with Crippen molar-refractivity contribution in [2.75, 3.05) is 18.4 Å². The van der Waals surface area contributed by atoms with Crippen LogP contribution in [0, 0.1) is 12.8 Å². The summed E-state index contributed by atoms with van der Waals surface area (Å²) in [4.78, 5) is 19.1. The number of hydrogen-bond acceptors (Lipinski definition) is 4. The zero-order chi connectivity index (χ0) is 17.3. The Hall–Kier alpha value is -1.89. The molecule has 7 heteroatoms. The predicted octanol–water partition coefficient (Wildman–Crippen LogP) is 3.40. The van der Waals surface area contributed by atoms with Crippen LogP contribution in [0.5, 0.6) is 0 Å². The Morgan fingerprint density at radius 3 is 2.96 bits per heavy atom. The lowest BCUT2D eigenvalue weighted by Gasteiger charge is -2.17. The zero-order valence-corrected chi connectivity index (χ0v) is 15.6. The quantitative estimate of drug-likeness (QED) is 0.922. The maximum atomic E-state index is 12.6. The average Bonchev–Trinajstić information content (AvgIpc) is 3.19. The first-order valence-corrected chi connectivity index (χ1v) is 9.24. The van der Waals surface area contributed by atoms with Gasteiger partial charge in [-0.1, -0.05) is 13.8 Å². The van der Waals surface area contributed by atoms with Crippen LogP contribution >= 0.6 is 11.3 Å². The molecule has 0 spiro atoms. The van der Waals surface area contributed by atoms with Gasteiger partial charge in [-0.05, 0) is 31.2 Å². The number of nitrogens with zero attached hydrogens (tertiary/aromatic N) is 4. The SMILES string of the molecule is Cc1nc(CC(C)C)c(NC(=O)N2CCC(c3cnn(C)c3)C2)s1. The molecule has 0 bridgehead atoms. The molecule has 6 nitrogen and oxygen atoms in total. The number of hydrogen-bond donors (Lipinski definition) is 1. The second-order valence-corrected chi connectivity index (χ2v) is 8.12. The maximum absolute atomic E-state index is 12.6. The Morgan fingerprint density at radius 2 is 2.29 bits per heavy atom. The Kier molecular flexibility index (Phi) is 4.89. The van der Waals surface area contributed by atoms with Crippen LogP contribution in [-0.2, 0) is 13.5 Å². The van der Waals surface area contributed by atoms with Gasteiger partial charge < -0.3 is 4.90 Å². The van der Waals surface area contributed by atoms with Gasteiger partial charge in [0.15, 0.2) is 0 Å². The van der Waals surface area contributed by atoms with E-state index in [9.17, 15) is 4.79 Å². The Labute approximate surface area is 146 Å². The Balaban J connectivity index is 1.64. The smallest absolute Gasteiger partial charge is 0.322 e. The third-order valence-electron chi connectivity index (χ3n) is 4.30. The molecule has 130 valence electrons. The molecular weight excluding hydrogens is 322 g/mol. The monoisotopic (exact) mass is 347 g/mol. The topological polar surface area (TPSA) is 63.1 Å². The molecule has 1 unspecified atom stereocenters. The van der Waals surface area contributed by atoms with Crippen LogP contribution < -0.4 is 5.32 Å². The van der Waals surface area contributed by atoms with Gasteiger partial charge in [0, 0.05) is 32.3 Å². The number of aromatic nitrogens is 3. The highest BCUT2D eigenvalue weighted by atomic mass is 32.1. The molecule has 1 atom stereocenters. The van der Waals surface area contributed by atoms with Gasteiger partial charge in [-0.25, -0.2) is 9.78 Å². The van der Waals surface area contributed by atoms with Gasteiger partial charge in [0.2, 0.25) is 0 Å². The minimum absolute atomic E-state index is 0.0185. The minimum Gasteiger partial charge on any atom is -0.324 e. The summed E-state index contributed by atoms with van der Waals surface area (Å²) >= 11 is 1.56. The van der Waals surface area contributed by atoms with Gasteiger partial charge in [0.05, 0.1) is 16.9 Å². The number of carbonyl (C=O) groups excluding carboxylic acids is 1. The highest BCUT2D eigenvalue weighted by Gasteiger charge is 2.28. The van der Waals surface area contributed by atoms with Crippen LogP contribution in [0.15, 0.2) is 12.4 Å². The lowest BCUT2D eigenvalue weighted by Crippen LogP contribution is -2.32. The predicted molar refractivity (Wildman–Crippen MR) is 96.6 cm³/mol. The van der Waals surface area contributed by atoms with Crippen molar-refractivity contribution in [1.82, 2.24) is 19.7 Å². The van der Waals surface area contributed by atoms with E-state index in [1.807, 2.05) is 35.9 Å². The van der Waals surface area contributed by atoms with Crippen LogP contribution in [0.4, 0.5) is 9.80 Å². The van der Waals surface area contributed by atoms with E-state index >= 15 is 0 Å². The molecule has 2 aromatic rings. The molecule has 2 amide bonds. The van der Waals surface area contributed by atoms with E-state index < -0.39 is 0 Å². The van der Waals surface area contributed by atoms with E-state index in [-0.39, 0.29) is 6.03 Å². The van der Waals surface area contributed by atoms with Gasteiger partial charge in [-0.15, -0.1) is 11.3 Å². The molecule has 1 aliphatic rings. The molecule has 0 radical (unpaired) electrons. The molecule has 3 rings (SSSR count). The number of amides is 2. The molecule has 0 aliphatic carbocycles. The van der Waals surface area contributed by atoms with Gasteiger partial charge >= 0.3 is 6.03 Å². The fourth-order valence-electron chi connectivity index (χ4n) is 3.14. The fourth-order valence-corrected chi connectivity index (χ4v) is 3.97. The lowest BCUT2D eigenvalue weighted by atomic mass is 10.0. The van der Waals surface area contributed by atoms with Crippen LogP contribution in [0.2, 0.25) is 0 Å². The summed E-state index contributed by atoms with van der Waals surface area (Å²) < 4.78 is 1.82. The zero-order valence-electron chi connectivity index (χ0n) is 14.7. The van der Waals surface area contributed by atoms with Crippen molar-refractivity contribution in [2.45, 2.75) is 39.5 Å². The lowest BCUT2D eigenvalue weighted by molar-refractivity contribution is 0.222. The summed E-state index contributed by atoms with van der Waals surface area (Å²) in [7, 11) is 1.92. The molecular formula is C17H25N5OS. The number of likely N-dealkylation sites (tertiary alicyclic amines) is 1. The first kappa shape index (κ1) is 17.0. The van der Waals surface area contributed by atoms with Crippen molar-refractivity contribution in [3.8, 4) is 0 Å². The molecule has 24 heavy (non-hydrogen) atoms. The number of anilines is 1. The van der Waals surface area contributed by atoms with Crippen molar-refractivity contribution >= 4 is 22.4 Å². The van der Waals surface area contributed by atoms with Crippen molar-refractivity contribution in [1.29, 1.82) is 0 Å². The number of aryl methyl sites for hydroxylation is 2. The Bertz CT molecular complexity index is 720. The van der Waals surface area contributed by atoms with Crippen LogP contribution in [0.3, 0.4) is 0 Å². The maximum Gasteiger partial charge on any atom is 0.322 e. The first-order chi connectivity index (χ1) is 11.4. The molecule has 2 aromatic heterocycles. The van der Waals surface area contributed by atoms with E-state index in [1.54, 1.807) is 11.3 Å². The van der Waals surface area contributed by atoms with Crippen molar-refractivity contribution < 1.29 is 4.79 Å². The van der Waals surface area contributed by atoms with Gasteiger partial charge in [-0.3, -0.25) is 10.00 Å². The highest BCUT2D eigenvalue weighted by molar-refractivity contribution is 7.16. The van der Waals surface area contributed by atoms with E-state index in [2.05, 4.69) is 29.2 Å². The molecule has 1 saturated heterocycles.